The van der Waals surface area contributed by atoms with Crippen LogP contribution in [0, 0.1) is 83.5 Å². The molecule has 0 amide bonds. The van der Waals surface area contributed by atoms with E-state index in [2.05, 4.69) is 52.0 Å². The van der Waals surface area contributed by atoms with E-state index in [0.717, 1.165) is 84.9 Å². The van der Waals surface area contributed by atoms with Gasteiger partial charge >= 0.3 is 0 Å². The van der Waals surface area contributed by atoms with Gasteiger partial charge in [0.15, 0.2) is 23.1 Å². The van der Waals surface area contributed by atoms with Crippen LogP contribution < -0.4 is 9.47 Å². The first-order valence-corrected chi connectivity index (χ1v) is 32.3. The van der Waals surface area contributed by atoms with Crippen LogP contribution >= 0.6 is 0 Å². The summed E-state index contributed by atoms with van der Waals surface area (Å²) in [4.78, 5) is 0. The fourth-order valence-corrected chi connectivity index (χ4v) is 16.2. The van der Waals surface area contributed by atoms with Gasteiger partial charge < -0.3 is 9.47 Å². The number of hydrogen-bond donors (Lipinski definition) is 0. The third-order valence-electron chi connectivity index (χ3n) is 20.8. The summed E-state index contributed by atoms with van der Waals surface area (Å²) in [6.45, 7) is 13.4. The number of hydrogen-bond acceptors (Lipinski definition) is 2. The number of benzene rings is 3. The third-order valence-corrected chi connectivity index (χ3v) is 20.8. The molecule has 6 heteroatoms. The average molecular weight is 1060 g/mol. The highest BCUT2D eigenvalue weighted by molar-refractivity contribution is 5.34. The summed E-state index contributed by atoms with van der Waals surface area (Å²) < 4.78 is 67.8. The highest BCUT2D eigenvalue weighted by atomic mass is 19.2. The van der Waals surface area contributed by atoms with Gasteiger partial charge in [0.2, 0.25) is 11.6 Å². The molecule has 426 valence electrons. The average Bonchev–Trinajstić information content (AvgIpc) is 3.46. The van der Waals surface area contributed by atoms with Crippen molar-refractivity contribution in [3.63, 3.8) is 0 Å². The SMILES string of the molecule is CCCC1CCC(C2CCC(c3ccc(C)cc3)CC2)CC1.CCCC1CCC(C2CCC(c3ccc(OCC)c(F)c3F)CC2)CC1.CCCCCC1CCC(C2CCC(c3ccc(OCC)c(F)c3F)CC2)CC1. The molecule has 0 radical (unpaired) electrons. The van der Waals surface area contributed by atoms with Crippen molar-refractivity contribution in [1.29, 1.82) is 0 Å². The lowest BCUT2D eigenvalue weighted by Gasteiger charge is -2.38. The zero-order valence-electron chi connectivity index (χ0n) is 48.9. The van der Waals surface area contributed by atoms with E-state index in [4.69, 9.17) is 9.47 Å². The first-order chi connectivity index (χ1) is 37.0. The summed E-state index contributed by atoms with van der Waals surface area (Å²) in [7, 11) is 0. The normalized spacial score (nSPS) is 30.0. The molecule has 0 N–H and O–H groups in total. The topological polar surface area (TPSA) is 18.5 Å². The van der Waals surface area contributed by atoms with Crippen molar-refractivity contribution >= 4 is 0 Å². The van der Waals surface area contributed by atoms with Gasteiger partial charge in [-0.15, -0.1) is 0 Å². The number of rotatable bonds is 18. The molecule has 0 heterocycles. The Bertz CT molecular complexity index is 2070. The van der Waals surface area contributed by atoms with E-state index in [1.807, 2.05) is 0 Å². The van der Waals surface area contributed by atoms with Crippen LogP contribution in [0.2, 0.25) is 0 Å². The molecule has 0 bridgehead atoms. The van der Waals surface area contributed by atoms with Gasteiger partial charge in [0, 0.05) is 0 Å². The summed E-state index contributed by atoms with van der Waals surface area (Å²) in [5, 5.41) is 0. The predicted octanol–water partition coefficient (Wildman–Crippen LogP) is 22.1. The molecule has 0 unspecified atom stereocenters. The Balaban J connectivity index is 0.000000167. The number of aryl methyl sites for hydroxylation is 1. The second-order valence-electron chi connectivity index (χ2n) is 25.6. The zero-order valence-corrected chi connectivity index (χ0v) is 48.9. The smallest absolute Gasteiger partial charge is 0.200 e. The van der Waals surface area contributed by atoms with Crippen LogP contribution in [0.3, 0.4) is 0 Å². The molecule has 0 atom stereocenters. The summed E-state index contributed by atoms with van der Waals surface area (Å²) in [5.74, 6) is 6.61. The number of ether oxygens (including phenoxy) is 2. The van der Waals surface area contributed by atoms with E-state index in [0.29, 0.717) is 24.3 Å². The molecule has 0 aromatic heterocycles. The van der Waals surface area contributed by atoms with E-state index in [-0.39, 0.29) is 23.3 Å². The highest BCUT2D eigenvalue weighted by Gasteiger charge is 2.35. The van der Waals surface area contributed by atoms with Crippen LogP contribution in [0.15, 0.2) is 48.5 Å². The first-order valence-electron chi connectivity index (χ1n) is 32.3. The quantitative estimate of drug-likeness (QED) is 0.0934. The van der Waals surface area contributed by atoms with Crippen molar-refractivity contribution in [2.75, 3.05) is 13.2 Å². The molecular weight excluding hydrogens is 949 g/mol. The zero-order chi connectivity index (χ0) is 53.8. The molecule has 3 aromatic rings. The predicted molar refractivity (Wildman–Crippen MR) is 311 cm³/mol. The van der Waals surface area contributed by atoms with Crippen LogP contribution in [-0.4, -0.2) is 13.2 Å². The van der Waals surface area contributed by atoms with Crippen molar-refractivity contribution in [2.45, 2.75) is 265 Å². The molecule has 9 rings (SSSR count). The number of halogens is 4. The Hall–Kier alpha value is -3.02. The second-order valence-corrected chi connectivity index (χ2v) is 25.6. The maximum absolute atomic E-state index is 14.5. The molecule has 6 fully saturated rings. The standard InChI is InChI=1S/C25H38F2O.C23H34F2O.C22H34/c1-3-5-6-7-18-8-10-19(11-9-18)20-12-14-21(15-13-20)22-16-17-23(28-4-2)25(27)24(22)26;1-3-5-16-6-8-17(9-7-16)18-10-12-19(13-11-18)20-14-15-21(26-4-2)23(25)22(20)24;1-3-4-18-7-11-20(12-8-18)22-15-13-21(14-16-22)19-9-5-17(2)6-10-19/h16-21H,3-15H2,1-2H3;14-19H,3-13H2,1-2H3;5-6,9-10,18,20-22H,3-4,7-8,11-16H2,1-2H3. The molecule has 6 aliphatic rings. The van der Waals surface area contributed by atoms with Crippen LogP contribution in [0.4, 0.5) is 17.6 Å². The van der Waals surface area contributed by atoms with Crippen molar-refractivity contribution in [1.82, 2.24) is 0 Å². The first kappa shape index (κ1) is 60.6. The Morgan fingerprint density at radius 2 is 0.671 bits per heavy atom. The van der Waals surface area contributed by atoms with Crippen molar-refractivity contribution in [3.8, 4) is 11.5 Å². The Kier molecular flexibility index (Phi) is 25.3. The van der Waals surface area contributed by atoms with Crippen LogP contribution in [-0.2, 0) is 0 Å². The summed E-state index contributed by atoms with van der Waals surface area (Å²) in [5.41, 5.74) is 4.09. The van der Waals surface area contributed by atoms with Gasteiger partial charge in [-0.2, -0.15) is 8.78 Å². The van der Waals surface area contributed by atoms with Crippen molar-refractivity contribution in [2.24, 2.45) is 53.3 Å². The second kappa shape index (κ2) is 31.7. The largest absolute Gasteiger partial charge is 0.491 e. The van der Waals surface area contributed by atoms with Crippen molar-refractivity contribution < 1.29 is 27.0 Å². The number of unbranched alkanes of at least 4 members (excludes halogenated alkanes) is 2. The lowest BCUT2D eigenvalue weighted by atomic mass is 9.68. The Morgan fingerprint density at radius 3 is 1.00 bits per heavy atom. The molecule has 76 heavy (non-hydrogen) atoms. The summed E-state index contributed by atoms with van der Waals surface area (Å²) >= 11 is 0. The lowest BCUT2D eigenvalue weighted by molar-refractivity contribution is 0.155. The molecule has 3 aromatic carbocycles. The monoisotopic (exact) mass is 1050 g/mol. The van der Waals surface area contributed by atoms with Crippen LogP contribution in [0.5, 0.6) is 11.5 Å². The summed E-state index contributed by atoms with van der Waals surface area (Å²) in [6, 6.07) is 16.0. The van der Waals surface area contributed by atoms with Gasteiger partial charge in [-0.3, -0.25) is 0 Å². The van der Waals surface area contributed by atoms with Gasteiger partial charge in [0.25, 0.3) is 0 Å². The van der Waals surface area contributed by atoms with Gasteiger partial charge in [-0.1, -0.05) is 153 Å². The minimum atomic E-state index is -0.819. The fourth-order valence-electron chi connectivity index (χ4n) is 16.2. The fraction of sp³-hybridized carbons (Fsp3) is 0.743. The molecule has 0 saturated heterocycles. The van der Waals surface area contributed by atoms with Crippen LogP contribution in [0.25, 0.3) is 0 Å². The summed E-state index contributed by atoms with van der Waals surface area (Å²) in [6.07, 6.45) is 42.8. The third kappa shape index (κ3) is 17.2. The van der Waals surface area contributed by atoms with Gasteiger partial charge in [0.05, 0.1) is 13.2 Å². The van der Waals surface area contributed by atoms with Gasteiger partial charge in [-0.25, -0.2) is 8.78 Å². The van der Waals surface area contributed by atoms with Crippen LogP contribution in [0.1, 0.15) is 280 Å². The van der Waals surface area contributed by atoms with Gasteiger partial charge in [-0.05, 0) is 236 Å². The Labute approximate surface area is 461 Å². The Morgan fingerprint density at radius 1 is 0.342 bits per heavy atom. The van der Waals surface area contributed by atoms with Crippen molar-refractivity contribution in [3.05, 3.63) is 94.1 Å². The molecule has 2 nitrogen and oxygen atoms in total. The molecule has 0 spiro atoms. The van der Waals surface area contributed by atoms with E-state index in [1.165, 1.54) is 185 Å². The molecule has 6 saturated carbocycles. The molecule has 6 aliphatic carbocycles. The maximum atomic E-state index is 14.5. The minimum Gasteiger partial charge on any atom is -0.491 e. The minimum absolute atomic E-state index is 0.0336. The highest BCUT2D eigenvalue weighted by Crippen LogP contribution is 2.48. The van der Waals surface area contributed by atoms with E-state index in [9.17, 15) is 17.6 Å². The molecular formula is C70H106F4O2. The van der Waals surface area contributed by atoms with E-state index >= 15 is 0 Å². The maximum Gasteiger partial charge on any atom is 0.200 e. The molecule has 0 aliphatic heterocycles. The van der Waals surface area contributed by atoms with E-state index < -0.39 is 23.3 Å². The lowest BCUT2D eigenvalue weighted by Crippen LogP contribution is -2.25. The van der Waals surface area contributed by atoms with E-state index in [1.54, 1.807) is 43.7 Å². The van der Waals surface area contributed by atoms with Gasteiger partial charge in [0.1, 0.15) is 0 Å².